The minimum Gasteiger partial charge on any atom is -0.508 e. The van der Waals surface area contributed by atoms with E-state index in [-0.39, 0.29) is 35.9 Å². The summed E-state index contributed by atoms with van der Waals surface area (Å²) >= 11 is 0. The molecule has 0 saturated heterocycles. The molecular weight excluding hydrogens is 479 g/mol. The zero-order valence-corrected chi connectivity index (χ0v) is 19.2. The van der Waals surface area contributed by atoms with Crippen molar-refractivity contribution in [3.05, 3.63) is 71.5 Å². The molecule has 3 N–H and O–H groups in total. The first-order valence-corrected chi connectivity index (χ1v) is 10.7. The van der Waals surface area contributed by atoms with Crippen molar-refractivity contribution in [1.82, 2.24) is 9.55 Å². The van der Waals surface area contributed by atoms with Gasteiger partial charge in [0.25, 0.3) is 0 Å². The Morgan fingerprint density at radius 2 is 1.78 bits per heavy atom. The fraction of sp³-hybridized carbons (Fsp3) is 0.200. The number of rotatable bonds is 7. The van der Waals surface area contributed by atoms with E-state index in [2.05, 4.69) is 4.98 Å². The monoisotopic (exact) mass is 501 g/mol. The van der Waals surface area contributed by atoms with E-state index >= 15 is 0 Å². The lowest BCUT2D eigenvalue weighted by atomic mass is 10.1. The van der Waals surface area contributed by atoms with Crippen molar-refractivity contribution in [2.75, 3.05) is 18.5 Å². The van der Waals surface area contributed by atoms with Crippen LogP contribution in [-0.4, -0.2) is 44.4 Å². The summed E-state index contributed by atoms with van der Waals surface area (Å²) < 4.78 is 47.9. The molecule has 36 heavy (non-hydrogen) atoms. The van der Waals surface area contributed by atoms with E-state index < -0.39 is 17.8 Å². The first kappa shape index (κ1) is 24.7. The van der Waals surface area contributed by atoms with Crippen molar-refractivity contribution in [2.24, 2.45) is 0 Å². The standard InChI is InChI=1S/C25H22F3N3O5/c1-14-23(36-17-6-4-16(32)5-7-17)18-8-10-21(25(26,27)28)29-24(18)31(14)12-15-3-9-20(33)19(11-15)30(2)13-22(34)35/h3-11,32-33H,12-13H2,1-2H3,(H,34,35). The SMILES string of the molecule is Cc1c(Oc2ccc(O)cc2)c2ccc(C(F)(F)F)nc2n1Cc1ccc(O)c(N(C)CC(=O)O)c1. The zero-order chi connectivity index (χ0) is 26.2. The number of benzene rings is 2. The molecule has 0 fully saturated rings. The number of nitrogens with zero attached hydrogens (tertiary/aromatic N) is 3. The van der Waals surface area contributed by atoms with Gasteiger partial charge in [-0.1, -0.05) is 6.07 Å². The van der Waals surface area contributed by atoms with E-state index in [0.717, 1.165) is 6.07 Å². The van der Waals surface area contributed by atoms with E-state index in [1.807, 2.05) is 0 Å². The Balaban J connectivity index is 1.81. The van der Waals surface area contributed by atoms with Crippen molar-refractivity contribution in [1.29, 1.82) is 0 Å². The minimum atomic E-state index is -4.65. The van der Waals surface area contributed by atoms with Crippen molar-refractivity contribution in [3.8, 4) is 23.0 Å². The third-order valence-corrected chi connectivity index (χ3v) is 5.62. The Labute approximate surface area is 203 Å². The summed E-state index contributed by atoms with van der Waals surface area (Å²) in [6.07, 6.45) is -4.65. The number of carboxylic acids is 1. The van der Waals surface area contributed by atoms with Crippen LogP contribution in [0.25, 0.3) is 11.0 Å². The lowest BCUT2D eigenvalue weighted by Gasteiger charge is -2.19. The van der Waals surface area contributed by atoms with E-state index in [0.29, 0.717) is 28.1 Å². The van der Waals surface area contributed by atoms with Crippen LogP contribution in [0.4, 0.5) is 18.9 Å². The fourth-order valence-corrected chi connectivity index (χ4v) is 3.86. The number of ether oxygens (including phenoxy) is 1. The molecule has 4 aromatic rings. The molecule has 0 aliphatic heterocycles. The van der Waals surface area contributed by atoms with Gasteiger partial charge in [-0.15, -0.1) is 0 Å². The number of halogens is 3. The number of phenols is 2. The fourth-order valence-electron chi connectivity index (χ4n) is 3.86. The van der Waals surface area contributed by atoms with E-state index in [4.69, 9.17) is 9.84 Å². The Kier molecular flexibility index (Phi) is 6.40. The summed E-state index contributed by atoms with van der Waals surface area (Å²) in [7, 11) is 1.50. The zero-order valence-electron chi connectivity index (χ0n) is 19.2. The van der Waals surface area contributed by atoms with E-state index in [1.165, 1.54) is 48.3 Å². The van der Waals surface area contributed by atoms with Gasteiger partial charge in [0.1, 0.15) is 35.1 Å². The first-order chi connectivity index (χ1) is 16.9. The Bertz CT molecular complexity index is 1430. The topological polar surface area (TPSA) is 108 Å². The quantitative estimate of drug-likeness (QED) is 0.322. The Morgan fingerprint density at radius 1 is 1.08 bits per heavy atom. The molecule has 0 unspecified atom stereocenters. The largest absolute Gasteiger partial charge is 0.508 e. The van der Waals surface area contributed by atoms with Crippen LogP contribution in [0.1, 0.15) is 17.0 Å². The molecule has 2 heterocycles. The van der Waals surface area contributed by atoms with Crippen molar-refractivity contribution < 1.29 is 38.0 Å². The molecular formula is C25H22F3N3O5. The second kappa shape index (κ2) is 9.33. The molecule has 0 spiro atoms. The van der Waals surface area contributed by atoms with Crippen LogP contribution in [0.5, 0.6) is 23.0 Å². The molecule has 4 rings (SSSR count). The Morgan fingerprint density at radius 3 is 2.42 bits per heavy atom. The summed E-state index contributed by atoms with van der Waals surface area (Å²) in [5.41, 5.74) is 0.338. The molecule has 8 nitrogen and oxygen atoms in total. The molecule has 0 radical (unpaired) electrons. The molecule has 0 saturated carbocycles. The smallest absolute Gasteiger partial charge is 0.433 e. The number of likely N-dealkylation sites (N-methyl/N-ethyl adjacent to an activating group) is 1. The van der Waals surface area contributed by atoms with Crippen LogP contribution in [0.15, 0.2) is 54.6 Å². The number of alkyl halides is 3. The van der Waals surface area contributed by atoms with Gasteiger partial charge in [-0.05, 0) is 61.0 Å². The van der Waals surface area contributed by atoms with Crippen LogP contribution in [0.2, 0.25) is 0 Å². The number of pyridine rings is 1. The number of hydrogen-bond donors (Lipinski definition) is 3. The number of aliphatic carboxylic acids is 1. The van der Waals surface area contributed by atoms with Gasteiger partial charge in [0.05, 0.1) is 16.8 Å². The number of anilines is 1. The molecule has 11 heteroatoms. The lowest BCUT2D eigenvalue weighted by Crippen LogP contribution is -2.25. The number of aromatic hydroxyl groups is 2. The molecule has 0 bridgehead atoms. The molecule has 0 amide bonds. The van der Waals surface area contributed by atoms with Crippen molar-refractivity contribution in [2.45, 2.75) is 19.6 Å². The third kappa shape index (κ3) is 4.99. The predicted octanol–water partition coefficient (Wildman–Crippen LogP) is 5.14. The summed E-state index contributed by atoms with van der Waals surface area (Å²) in [5.74, 6) is -0.509. The minimum absolute atomic E-state index is 0.0361. The molecule has 188 valence electrons. The maximum Gasteiger partial charge on any atom is 0.433 e. The van der Waals surface area contributed by atoms with Gasteiger partial charge in [0.2, 0.25) is 0 Å². The van der Waals surface area contributed by atoms with Gasteiger partial charge in [-0.25, -0.2) is 4.98 Å². The average molecular weight is 501 g/mol. The van der Waals surface area contributed by atoms with Crippen LogP contribution < -0.4 is 9.64 Å². The molecule has 0 aliphatic carbocycles. The highest BCUT2D eigenvalue weighted by molar-refractivity contribution is 5.86. The van der Waals surface area contributed by atoms with Gasteiger partial charge in [-0.2, -0.15) is 13.2 Å². The number of carboxylic acid groups (broad SMARTS) is 1. The molecule has 2 aromatic heterocycles. The van der Waals surface area contributed by atoms with Gasteiger partial charge >= 0.3 is 12.1 Å². The van der Waals surface area contributed by atoms with Gasteiger partial charge in [-0.3, -0.25) is 4.79 Å². The highest BCUT2D eigenvalue weighted by atomic mass is 19.4. The van der Waals surface area contributed by atoms with Crippen LogP contribution in [0.3, 0.4) is 0 Å². The third-order valence-electron chi connectivity index (χ3n) is 5.62. The number of aromatic nitrogens is 2. The van der Waals surface area contributed by atoms with E-state index in [1.54, 1.807) is 23.6 Å². The summed E-state index contributed by atoms with van der Waals surface area (Å²) in [4.78, 5) is 16.3. The van der Waals surface area contributed by atoms with Crippen molar-refractivity contribution in [3.63, 3.8) is 0 Å². The second-order valence-corrected chi connectivity index (χ2v) is 8.23. The lowest BCUT2D eigenvalue weighted by molar-refractivity contribution is -0.141. The second-order valence-electron chi connectivity index (χ2n) is 8.23. The maximum atomic E-state index is 13.4. The average Bonchev–Trinajstić information content (AvgIpc) is 3.06. The summed E-state index contributed by atoms with van der Waals surface area (Å²) in [5, 5.41) is 29.2. The number of hydrogen-bond acceptors (Lipinski definition) is 6. The highest BCUT2D eigenvalue weighted by Gasteiger charge is 2.33. The maximum absolute atomic E-state index is 13.4. The van der Waals surface area contributed by atoms with Crippen LogP contribution in [-0.2, 0) is 17.5 Å². The van der Waals surface area contributed by atoms with Crippen LogP contribution >= 0.6 is 0 Å². The number of phenolic OH excluding ortho intramolecular Hbond substituents is 2. The van der Waals surface area contributed by atoms with Crippen molar-refractivity contribution >= 4 is 22.7 Å². The van der Waals surface area contributed by atoms with Gasteiger partial charge < -0.3 is 29.5 Å². The predicted molar refractivity (Wildman–Crippen MR) is 126 cm³/mol. The number of carbonyl (C=O) groups is 1. The van der Waals surface area contributed by atoms with Gasteiger partial charge in [0, 0.05) is 13.6 Å². The molecule has 2 aromatic carbocycles. The molecule has 0 aliphatic rings. The highest BCUT2D eigenvalue weighted by Crippen LogP contribution is 2.39. The van der Waals surface area contributed by atoms with Gasteiger partial charge in [0.15, 0.2) is 5.75 Å². The summed E-state index contributed by atoms with van der Waals surface area (Å²) in [6, 6.07) is 12.6. The summed E-state index contributed by atoms with van der Waals surface area (Å²) in [6.45, 7) is 1.40. The number of fused-ring (bicyclic) bond motifs is 1. The first-order valence-electron chi connectivity index (χ1n) is 10.7. The molecule has 0 atom stereocenters. The van der Waals surface area contributed by atoms with Crippen LogP contribution in [0, 0.1) is 6.92 Å². The normalized spacial score (nSPS) is 11.6. The van der Waals surface area contributed by atoms with E-state index in [9.17, 15) is 28.2 Å². The Hall–Kier alpha value is -4.41.